The number of hydrogen-bond acceptors (Lipinski definition) is 4. The second-order valence-corrected chi connectivity index (χ2v) is 4.59. The second-order valence-electron chi connectivity index (χ2n) is 3.48. The molecule has 0 amide bonds. The Morgan fingerprint density at radius 2 is 2.15 bits per heavy atom. The first-order chi connectivity index (χ1) is 5.98. The van der Waals surface area contributed by atoms with Gasteiger partial charge in [0.25, 0.3) is 0 Å². The lowest BCUT2D eigenvalue weighted by molar-refractivity contribution is -0.151. The number of hydrogen-bond donors (Lipinski definition) is 1. The molecule has 0 heterocycles. The van der Waals surface area contributed by atoms with Crippen molar-refractivity contribution in [2.45, 2.75) is 32.8 Å². The fraction of sp³-hybridized carbons (Fsp3) is 0.889. The quantitative estimate of drug-likeness (QED) is 0.528. The molecule has 0 radical (unpaired) electrons. The Morgan fingerprint density at radius 3 is 2.62 bits per heavy atom. The summed E-state index contributed by atoms with van der Waals surface area (Å²) < 4.78 is 5.10. The van der Waals surface area contributed by atoms with E-state index < -0.39 is 5.60 Å². The van der Waals surface area contributed by atoms with Crippen LogP contribution in [0.1, 0.15) is 27.2 Å². The number of esters is 1. The van der Waals surface area contributed by atoms with Crippen molar-refractivity contribution >= 4 is 17.7 Å². The van der Waals surface area contributed by atoms with Gasteiger partial charge in [-0.1, -0.05) is 0 Å². The van der Waals surface area contributed by atoms with Gasteiger partial charge in [-0.25, -0.2) is 0 Å². The largest absolute Gasteiger partial charge is 0.459 e. The zero-order chi connectivity index (χ0) is 10.3. The van der Waals surface area contributed by atoms with Crippen molar-refractivity contribution in [3.8, 4) is 0 Å². The van der Waals surface area contributed by atoms with Gasteiger partial charge >= 0.3 is 5.97 Å². The minimum atomic E-state index is -0.397. The molecule has 4 heteroatoms. The third-order valence-corrected chi connectivity index (χ3v) is 2.79. The van der Waals surface area contributed by atoms with Crippen LogP contribution in [-0.2, 0) is 9.53 Å². The summed E-state index contributed by atoms with van der Waals surface area (Å²) in [5, 5.41) is 8.54. The van der Waals surface area contributed by atoms with E-state index in [9.17, 15) is 4.79 Å². The van der Waals surface area contributed by atoms with Gasteiger partial charge in [0, 0.05) is 19.3 Å². The van der Waals surface area contributed by atoms with Crippen LogP contribution in [0.25, 0.3) is 0 Å². The van der Waals surface area contributed by atoms with Gasteiger partial charge in [-0.15, -0.1) is 0 Å². The van der Waals surface area contributed by atoms with Gasteiger partial charge in [0.2, 0.25) is 0 Å². The normalized spacial score (nSPS) is 11.4. The Labute approximate surface area is 83.9 Å². The van der Waals surface area contributed by atoms with Gasteiger partial charge in [-0.2, -0.15) is 11.8 Å². The molecule has 0 aromatic carbocycles. The standard InChI is InChI=1S/C9H18O3S/c1-8(11)12-9(2,3)7-13-6-4-5-10/h10H,4-7H2,1-3H3. The molecular formula is C9H18O3S. The number of ether oxygens (including phenoxy) is 1. The Kier molecular flexibility index (Phi) is 6.16. The molecule has 13 heavy (non-hydrogen) atoms. The van der Waals surface area contributed by atoms with Crippen molar-refractivity contribution in [1.29, 1.82) is 0 Å². The highest BCUT2D eigenvalue weighted by molar-refractivity contribution is 7.99. The average molecular weight is 206 g/mol. The van der Waals surface area contributed by atoms with Crippen molar-refractivity contribution in [2.75, 3.05) is 18.1 Å². The van der Waals surface area contributed by atoms with Gasteiger partial charge in [-0.3, -0.25) is 4.79 Å². The van der Waals surface area contributed by atoms with E-state index in [0.29, 0.717) is 0 Å². The Balaban J connectivity index is 3.56. The lowest BCUT2D eigenvalue weighted by Gasteiger charge is -2.23. The van der Waals surface area contributed by atoms with Gasteiger partial charge in [0.15, 0.2) is 0 Å². The van der Waals surface area contributed by atoms with Crippen LogP contribution >= 0.6 is 11.8 Å². The van der Waals surface area contributed by atoms with Crippen LogP contribution in [0.2, 0.25) is 0 Å². The summed E-state index contributed by atoms with van der Waals surface area (Å²) in [7, 11) is 0. The summed E-state index contributed by atoms with van der Waals surface area (Å²) in [5.74, 6) is 1.43. The minimum absolute atomic E-state index is 0.223. The third kappa shape index (κ3) is 8.12. The van der Waals surface area contributed by atoms with Crippen molar-refractivity contribution < 1.29 is 14.6 Å². The van der Waals surface area contributed by atoms with Crippen LogP contribution < -0.4 is 0 Å². The lowest BCUT2D eigenvalue weighted by atomic mass is 10.2. The second kappa shape index (κ2) is 6.27. The van der Waals surface area contributed by atoms with Crippen LogP contribution in [0.5, 0.6) is 0 Å². The molecule has 1 N–H and O–H groups in total. The monoisotopic (exact) mass is 206 g/mol. The van der Waals surface area contributed by atoms with Crippen LogP contribution in [0.3, 0.4) is 0 Å². The molecule has 0 unspecified atom stereocenters. The SMILES string of the molecule is CC(=O)OC(C)(C)CSCCCO. The van der Waals surface area contributed by atoms with E-state index in [4.69, 9.17) is 9.84 Å². The summed E-state index contributed by atoms with van der Waals surface area (Å²) in [5.41, 5.74) is -0.397. The first-order valence-corrected chi connectivity index (χ1v) is 5.51. The molecule has 0 atom stereocenters. The number of thioether (sulfide) groups is 1. The summed E-state index contributed by atoms with van der Waals surface area (Å²) in [4.78, 5) is 10.7. The number of rotatable bonds is 6. The fourth-order valence-corrected chi connectivity index (χ4v) is 1.93. The van der Waals surface area contributed by atoms with E-state index >= 15 is 0 Å². The number of aliphatic hydroxyl groups excluding tert-OH is 1. The summed E-state index contributed by atoms with van der Waals surface area (Å²) in [6.45, 7) is 5.42. The molecule has 0 aromatic heterocycles. The van der Waals surface area contributed by atoms with Crippen molar-refractivity contribution in [2.24, 2.45) is 0 Å². The topological polar surface area (TPSA) is 46.5 Å². The number of carbonyl (C=O) groups is 1. The zero-order valence-corrected chi connectivity index (χ0v) is 9.32. The number of carbonyl (C=O) groups excluding carboxylic acids is 1. The van der Waals surface area contributed by atoms with Crippen molar-refractivity contribution in [3.63, 3.8) is 0 Å². The zero-order valence-electron chi connectivity index (χ0n) is 8.50. The molecule has 0 aliphatic rings. The molecule has 3 nitrogen and oxygen atoms in total. The van der Waals surface area contributed by atoms with Crippen molar-refractivity contribution in [1.82, 2.24) is 0 Å². The van der Waals surface area contributed by atoms with Gasteiger partial charge in [0.1, 0.15) is 5.60 Å². The highest BCUT2D eigenvalue weighted by Crippen LogP contribution is 2.17. The Bertz CT molecular complexity index is 157. The maximum absolute atomic E-state index is 10.7. The van der Waals surface area contributed by atoms with Gasteiger partial charge in [-0.05, 0) is 26.0 Å². The van der Waals surface area contributed by atoms with Crippen LogP contribution in [-0.4, -0.2) is 34.8 Å². The predicted molar refractivity (Wildman–Crippen MR) is 54.9 cm³/mol. The molecule has 0 rings (SSSR count). The number of aliphatic hydroxyl groups is 1. The Morgan fingerprint density at radius 1 is 1.54 bits per heavy atom. The molecule has 0 aromatic rings. The highest BCUT2D eigenvalue weighted by atomic mass is 32.2. The smallest absolute Gasteiger partial charge is 0.303 e. The molecule has 0 saturated heterocycles. The molecule has 78 valence electrons. The first-order valence-electron chi connectivity index (χ1n) is 4.36. The maximum Gasteiger partial charge on any atom is 0.303 e. The molecule has 0 bridgehead atoms. The third-order valence-electron chi connectivity index (χ3n) is 1.32. The lowest BCUT2D eigenvalue weighted by Crippen LogP contribution is -2.29. The summed E-state index contributed by atoms with van der Waals surface area (Å²) in [6.07, 6.45) is 0.792. The summed E-state index contributed by atoms with van der Waals surface area (Å²) in [6, 6.07) is 0. The van der Waals surface area contributed by atoms with Crippen LogP contribution in [0, 0.1) is 0 Å². The van der Waals surface area contributed by atoms with Crippen LogP contribution in [0.15, 0.2) is 0 Å². The van der Waals surface area contributed by atoms with E-state index in [-0.39, 0.29) is 12.6 Å². The summed E-state index contributed by atoms with van der Waals surface area (Å²) >= 11 is 1.69. The molecule has 0 saturated carbocycles. The maximum atomic E-state index is 10.7. The molecular weight excluding hydrogens is 188 g/mol. The Hall–Kier alpha value is -0.220. The van der Waals surface area contributed by atoms with E-state index in [1.54, 1.807) is 11.8 Å². The molecule has 0 aliphatic carbocycles. The van der Waals surface area contributed by atoms with E-state index in [1.807, 2.05) is 13.8 Å². The van der Waals surface area contributed by atoms with Crippen LogP contribution in [0.4, 0.5) is 0 Å². The van der Waals surface area contributed by atoms with Crippen molar-refractivity contribution in [3.05, 3.63) is 0 Å². The average Bonchev–Trinajstić information content (AvgIpc) is 1.95. The predicted octanol–water partition coefficient (Wildman–Crippen LogP) is 1.44. The highest BCUT2D eigenvalue weighted by Gasteiger charge is 2.20. The minimum Gasteiger partial charge on any atom is -0.459 e. The van der Waals surface area contributed by atoms with Gasteiger partial charge in [0.05, 0.1) is 0 Å². The first kappa shape index (κ1) is 12.8. The van der Waals surface area contributed by atoms with E-state index in [0.717, 1.165) is 17.9 Å². The van der Waals surface area contributed by atoms with E-state index in [1.165, 1.54) is 6.92 Å². The fourth-order valence-electron chi connectivity index (χ4n) is 0.903. The molecule has 0 spiro atoms. The van der Waals surface area contributed by atoms with Gasteiger partial charge < -0.3 is 9.84 Å². The van der Waals surface area contributed by atoms with E-state index in [2.05, 4.69) is 0 Å². The molecule has 0 fully saturated rings. The molecule has 0 aliphatic heterocycles.